The number of benzene rings is 4. The second-order valence-electron chi connectivity index (χ2n) is 9.56. The van der Waals surface area contributed by atoms with E-state index in [4.69, 9.17) is 18.9 Å². The van der Waals surface area contributed by atoms with Gasteiger partial charge in [-0.15, -0.1) is 0 Å². The molecule has 0 aromatic heterocycles. The summed E-state index contributed by atoms with van der Waals surface area (Å²) in [5.74, 6) is 0. The van der Waals surface area contributed by atoms with Crippen LogP contribution in [0.5, 0.6) is 0 Å². The van der Waals surface area contributed by atoms with E-state index in [0.29, 0.717) is 39.5 Å². The van der Waals surface area contributed by atoms with E-state index in [1.165, 1.54) is 0 Å². The smallest absolute Gasteiger partial charge is 0.107 e. The Bertz CT molecular complexity index is 1160. The number of aliphatic hydroxyl groups is 1. The van der Waals surface area contributed by atoms with Crippen LogP contribution in [-0.4, -0.2) is 36.6 Å². The van der Waals surface area contributed by atoms with Gasteiger partial charge in [-0.05, 0) is 22.3 Å². The summed E-state index contributed by atoms with van der Waals surface area (Å²) in [6, 6.07) is 40.0. The van der Waals surface area contributed by atoms with E-state index in [-0.39, 0.29) is 12.7 Å². The van der Waals surface area contributed by atoms with E-state index in [9.17, 15) is 5.11 Å². The van der Waals surface area contributed by atoms with Crippen molar-refractivity contribution in [2.24, 2.45) is 0 Å². The molecule has 0 saturated carbocycles. The van der Waals surface area contributed by atoms with Crippen molar-refractivity contribution in [2.45, 2.75) is 51.2 Å². The minimum Gasteiger partial charge on any atom is -0.390 e. The van der Waals surface area contributed by atoms with Gasteiger partial charge in [0, 0.05) is 6.42 Å². The van der Waals surface area contributed by atoms with Gasteiger partial charge in [-0.25, -0.2) is 0 Å². The Kier molecular flexibility index (Phi) is 12.2. The molecule has 0 aliphatic carbocycles. The van der Waals surface area contributed by atoms with Crippen LogP contribution in [0.1, 0.15) is 28.7 Å². The molecule has 3 atom stereocenters. The highest BCUT2D eigenvalue weighted by molar-refractivity contribution is 5.15. The van der Waals surface area contributed by atoms with Crippen molar-refractivity contribution < 1.29 is 24.1 Å². The summed E-state index contributed by atoms with van der Waals surface area (Å²) in [5.41, 5.74) is 4.29. The summed E-state index contributed by atoms with van der Waals surface area (Å²) in [5, 5.41) is 11.3. The van der Waals surface area contributed by atoms with Crippen molar-refractivity contribution in [2.75, 3.05) is 13.2 Å². The van der Waals surface area contributed by atoms with Gasteiger partial charge in [-0.1, -0.05) is 121 Å². The lowest BCUT2D eigenvalue weighted by molar-refractivity contribution is -0.114. The van der Waals surface area contributed by atoms with Gasteiger partial charge in [0.1, 0.15) is 6.10 Å². The summed E-state index contributed by atoms with van der Waals surface area (Å²) in [4.78, 5) is 0. The molecular weight excluding hydrogens is 488 g/mol. The molecule has 0 fully saturated rings. The Morgan fingerprint density at radius 1 is 0.462 bits per heavy atom. The van der Waals surface area contributed by atoms with Crippen molar-refractivity contribution in [1.82, 2.24) is 0 Å². The fraction of sp³-hybridized carbons (Fsp3) is 0.294. The molecule has 39 heavy (non-hydrogen) atoms. The molecule has 204 valence electrons. The first-order valence-corrected chi connectivity index (χ1v) is 13.5. The zero-order valence-electron chi connectivity index (χ0n) is 22.3. The normalized spacial score (nSPS) is 13.6. The third kappa shape index (κ3) is 10.8. The molecule has 0 aliphatic heterocycles. The second-order valence-corrected chi connectivity index (χ2v) is 9.56. The molecule has 0 heterocycles. The van der Waals surface area contributed by atoms with Crippen molar-refractivity contribution in [3.05, 3.63) is 144 Å². The molecule has 1 N–H and O–H groups in total. The lowest BCUT2D eigenvalue weighted by Gasteiger charge is -2.27. The van der Waals surface area contributed by atoms with Crippen LogP contribution >= 0.6 is 0 Å². The van der Waals surface area contributed by atoms with Crippen molar-refractivity contribution in [3.8, 4) is 0 Å². The van der Waals surface area contributed by atoms with E-state index < -0.39 is 12.2 Å². The summed E-state index contributed by atoms with van der Waals surface area (Å²) in [6.45, 7) is 2.38. The molecule has 4 aromatic rings. The van der Waals surface area contributed by atoms with Gasteiger partial charge in [0.15, 0.2) is 0 Å². The predicted octanol–water partition coefficient (Wildman–Crippen LogP) is 6.34. The third-order valence-electron chi connectivity index (χ3n) is 6.38. The Hall–Kier alpha value is -3.32. The van der Waals surface area contributed by atoms with E-state index in [2.05, 4.69) is 0 Å². The molecule has 0 unspecified atom stereocenters. The Balaban J connectivity index is 1.37. The number of ether oxygens (including phenoxy) is 4. The van der Waals surface area contributed by atoms with Crippen molar-refractivity contribution in [3.63, 3.8) is 0 Å². The lowest BCUT2D eigenvalue weighted by Crippen LogP contribution is -2.38. The molecular formula is C34H38O5. The highest BCUT2D eigenvalue weighted by atomic mass is 16.5. The monoisotopic (exact) mass is 526 g/mol. The Morgan fingerprint density at radius 2 is 0.846 bits per heavy atom. The van der Waals surface area contributed by atoms with Gasteiger partial charge in [0.2, 0.25) is 0 Å². The fourth-order valence-electron chi connectivity index (χ4n) is 4.19. The van der Waals surface area contributed by atoms with Gasteiger partial charge in [0.05, 0.1) is 51.8 Å². The van der Waals surface area contributed by atoms with E-state index in [0.717, 1.165) is 22.3 Å². The van der Waals surface area contributed by atoms with Crippen LogP contribution in [0.3, 0.4) is 0 Å². The molecule has 0 aliphatic rings. The molecule has 4 rings (SSSR count). The van der Waals surface area contributed by atoms with Crippen LogP contribution < -0.4 is 0 Å². The van der Waals surface area contributed by atoms with Crippen LogP contribution in [0.25, 0.3) is 0 Å². The number of hydrogen-bond donors (Lipinski definition) is 1. The summed E-state index contributed by atoms with van der Waals surface area (Å²) in [7, 11) is 0. The zero-order valence-corrected chi connectivity index (χ0v) is 22.3. The largest absolute Gasteiger partial charge is 0.390 e. The molecule has 0 amide bonds. The van der Waals surface area contributed by atoms with E-state index in [1.807, 2.05) is 121 Å². The average Bonchev–Trinajstić information content (AvgIpc) is 2.99. The zero-order chi connectivity index (χ0) is 27.0. The Labute approximate surface area is 232 Å². The van der Waals surface area contributed by atoms with Gasteiger partial charge >= 0.3 is 0 Å². The topological polar surface area (TPSA) is 57.2 Å². The average molecular weight is 527 g/mol. The quantitative estimate of drug-likeness (QED) is 0.174. The minimum atomic E-state index is -0.800. The molecule has 4 aromatic carbocycles. The summed E-state index contributed by atoms with van der Waals surface area (Å²) in [6.07, 6.45) is -1.28. The maximum absolute atomic E-state index is 11.3. The highest BCUT2D eigenvalue weighted by Crippen LogP contribution is 2.16. The summed E-state index contributed by atoms with van der Waals surface area (Å²) >= 11 is 0. The molecule has 5 heteroatoms. The molecule has 0 spiro atoms. The molecule has 0 radical (unpaired) electrons. The van der Waals surface area contributed by atoms with Crippen molar-refractivity contribution in [1.29, 1.82) is 0 Å². The van der Waals surface area contributed by atoms with E-state index in [1.54, 1.807) is 0 Å². The standard InChI is InChI=1S/C34H38O5/c35-33(34(39-25-31-19-11-4-12-20-31)27-37-23-29-15-7-2-8-16-29)21-32(38-24-30-17-9-3-10-18-30)26-36-22-28-13-5-1-6-14-28/h1-20,32-35H,21-27H2/t32-,33-,34+/m0/s1. The molecule has 0 bridgehead atoms. The third-order valence-corrected chi connectivity index (χ3v) is 6.38. The number of hydrogen-bond acceptors (Lipinski definition) is 5. The van der Waals surface area contributed by atoms with Gasteiger partial charge in [-0.3, -0.25) is 0 Å². The van der Waals surface area contributed by atoms with E-state index >= 15 is 0 Å². The highest BCUT2D eigenvalue weighted by Gasteiger charge is 2.25. The summed E-state index contributed by atoms with van der Waals surface area (Å²) < 4.78 is 24.4. The maximum Gasteiger partial charge on any atom is 0.107 e. The van der Waals surface area contributed by atoms with Crippen LogP contribution in [0.4, 0.5) is 0 Å². The van der Waals surface area contributed by atoms with Crippen molar-refractivity contribution >= 4 is 0 Å². The second kappa shape index (κ2) is 16.6. The number of aliphatic hydroxyl groups excluding tert-OH is 1. The predicted molar refractivity (Wildman–Crippen MR) is 153 cm³/mol. The van der Waals surface area contributed by atoms with Crippen LogP contribution in [-0.2, 0) is 45.4 Å². The lowest BCUT2D eigenvalue weighted by atomic mass is 10.1. The molecule has 0 saturated heterocycles. The van der Waals surface area contributed by atoms with Crippen LogP contribution in [0.2, 0.25) is 0 Å². The fourth-order valence-corrected chi connectivity index (χ4v) is 4.19. The first kappa shape index (κ1) is 28.7. The first-order valence-electron chi connectivity index (χ1n) is 13.5. The Morgan fingerprint density at radius 3 is 1.31 bits per heavy atom. The maximum atomic E-state index is 11.3. The first-order chi connectivity index (χ1) is 19.3. The SMILES string of the molecule is O[C@@H](C[C@@H](COCc1ccccc1)OCc1ccccc1)[C@@H](COCc1ccccc1)OCc1ccccc1. The van der Waals surface area contributed by atoms with Gasteiger partial charge in [0.25, 0.3) is 0 Å². The minimum absolute atomic E-state index is 0.263. The van der Waals surface area contributed by atoms with Crippen LogP contribution in [0, 0.1) is 0 Å². The van der Waals surface area contributed by atoms with Crippen LogP contribution in [0.15, 0.2) is 121 Å². The van der Waals surface area contributed by atoms with Gasteiger partial charge < -0.3 is 24.1 Å². The number of rotatable bonds is 17. The molecule has 5 nitrogen and oxygen atoms in total. The van der Waals surface area contributed by atoms with Gasteiger partial charge in [-0.2, -0.15) is 0 Å².